The van der Waals surface area contributed by atoms with Crippen molar-refractivity contribution in [1.29, 1.82) is 0 Å². The van der Waals surface area contributed by atoms with Crippen molar-refractivity contribution in [2.24, 2.45) is 5.10 Å². The second-order valence-electron chi connectivity index (χ2n) is 5.59. The third-order valence-corrected chi connectivity index (χ3v) is 3.86. The number of β-amino-alcohol motifs (C(OH)–C–C–N with tert-alkyl or cyclic N) is 1. The van der Waals surface area contributed by atoms with Gasteiger partial charge in [0.1, 0.15) is 0 Å². The second kappa shape index (κ2) is 5.73. The van der Waals surface area contributed by atoms with E-state index in [0.29, 0.717) is 29.9 Å². The van der Waals surface area contributed by atoms with E-state index in [1.165, 1.54) is 6.07 Å². The molecule has 1 saturated heterocycles. The summed E-state index contributed by atoms with van der Waals surface area (Å²) in [5.41, 5.74) is 3.38. The van der Waals surface area contributed by atoms with Crippen molar-refractivity contribution in [3.05, 3.63) is 53.8 Å². The highest BCUT2D eigenvalue weighted by molar-refractivity contribution is 6.09. The Morgan fingerprint density at radius 2 is 2.09 bits per heavy atom. The zero-order chi connectivity index (χ0) is 16.6. The summed E-state index contributed by atoms with van der Waals surface area (Å²) in [6.07, 6.45) is -1.32. The molecule has 0 saturated carbocycles. The fourth-order valence-corrected chi connectivity index (χ4v) is 2.71. The number of aliphatic hydroxyl groups excluding tert-OH is 1. The van der Waals surface area contributed by atoms with Crippen LogP contribution in [0.1, 0.15) is 17.5 Å². The highest BCUT2D eigenvalue weighted by Crippen LogP contribution is 2.38. The molecular formula is C16H16F3N3O. The number of alkyl halides is 3. The maximum absolute atomic E-state index is 13.4. The van der Waals surface area contributed by atoms with Crippen molar-refractivity contribution >= 4 is 11.4 Å². The number of benzene rings is 1. The summed E-state index contributed by atoms with van der Waals surface area (Å²) in [5, 5.41) is 13.6. The Morgan fingerprint density at radius 1 is 1.30 bits per heavy atom. The van der Waals surface area contributed by atoms with Crippen molar-refractivity contribution in [2.45, 2.75) is 18.7 Å². The van der Waals surface area contributed by atoms with Crippen LogP contribution >= 0.6 is 0 Å². The van der Waals surface area contributed by atoms with E-state index in [4.69, 9.17) is 0 Å². The minimum absolute atomic E-state index is 0.0931. The van der Waals surface area contributed by atoms with Crippen molar-refractivity contribution in [1.82, 2.24) is 5.43 Å². The Morgan fingerprint density at radius 3 is 2.65 bits per heavy atom. The van der Waals surface area contributed by atoms with Gasteiger partial charge in [0.25, 0.3) is 0 Å². The molecular weight excluding hydrogens is 307 g/mol. The van der Waals surface area contributed by atoms with E-state index < -0.39 is 17.8 Å². The highest BCUT2D eigenvalue weighted by atomic mass is 19.4. The first-order valence-electron chi connectivity index (χ1n) is 7.20. The molecule has 0 aliphatic carbocycles. The molecule has 1 fully saturated rings. The minimum Gasteiger partial charge on any atom is -0.391 e. The normalized spacial score (nSPS) is 21.4. The third-order valence-electron chi connectivity index (χ3n) is 3.86. The Hall–Kier alpha value is -2.28. The van der Waals surface area contributed by atoms with Gasteiger partial charge >= 0.3 is 6.18 Å². The number of aliphatic hydroxyl groups is 1. The highest BCUT2D eigenvalue weighted by Gasteiger charge is 2.36. The van der Waals surface area contributed by atoms with Crippen molar-refractivity contribution in [2.75, 3.05) is 18.0 Å². The van der Waals surface area contributed by atoms with Gasteiger partial charge in [-0.3, -0.25) is 5.43 Å². The summed E-state index contributed by atoms with van der Waals surface area (Å²) >= 11 is 0. The number of allylic oxidation sites excluding steroid dienone is 2. The Bertz CT molecular complexity index is 694. The van der Waals surface area contributed by atoms with Crippen molar-refractivity contribution in [3.8, 4) is 0 Å². The molecule has 0 aromatic heterocycles. The van der Waals surface area contributed by atoms with E-state index in [1.807, 2.05) is 0 Å². The lowest BCUT2D eigenvalue weighted by Crippen LogP contribution is -2.25. The van der Waals surface area contributed by atoms with Gasteiger partial charge in [-0.25, -0.2) is 0 Å². The molecule has 2 aliphatic rings. The van der Waals surface area contributed by atoms with Crippen LogP contribution in [0.3, 0.4) is 0 Å². The molecule has 7 heteroatoms. The first kappa shape index (κ1) is 15.6. The Labute approximate surface area is 131 Å². The number of nitrogens with zero attached hydrogens (tertiary/aromatic N) is 2. The van der Waals surface area contributed by atoms with Crippen LogP contribution in [-0.4, -0.2) is 30.0 Å². The molecule has 2 N–H and O–H groups in total. The fraction of sp³-hybridized carbons (Fsp3) is 0.312. The molecule has 1 aromatic carbocycles. The largest absolute Gasteiger partial charge is 0.418 e. The lowest BCUT2D eigenvalue weighted by atomic mass is 10.0. The van der Waals surface area contributed by atoms with Gasteiger partial charge in [0.15, 0.2) is 0 Å². The van der Waals surface area contributed by atoms with E-state index in [1.54, 1.807) is 23.1 Å². The van der Waals surface area contributed by atoms with Gasteiger partial charge in [0.05, 0.1) is 17.4 Å². The monoisotopic (exact) mass is 323 g/mol. The van der Waals surface area contributed by atoms with Crippen LogP contribution in [-0.2, 0) is 6.18 Å². The molecule has 122 valence electrons. The SMILES string of the molecule is C=C1C=CC(c2ccc(N3CCC(O)C3)c(C(F)(F)F)c2)=NN1. The Kier molecular flexibility index (Phi) is 3.89. The first-order valence-corrected chi connectivity index (χ1v) is 7.20. The van der Waals surface area contributed by atoms with Gasteiger partial charge in [-0.15, -0.1) is 0 Å². The van der Waals surface area contributed by atoms with E-state index in [0.717, 1.165) is 6.07 Å². The topological polar surface area (TPSA) is 47.9 Å². The number of anilines is 1. The summed E-state index contributed by atoms with van der Waals surface area (Å²) in [4.78, 5) is 1.57. The van der Waals surface area contributed by atoms with Crippen LogP contribution in [0.25, 0.3) is 0 Å². The zero-order valence-electron chi connectivity index (χ0n) is 12.3. The molecule has 3 rings (SSSR count). The van der Waals surface area contributed by atoms with Crippen LogP contribution in [0.4, 0.5) is 18.9 Å². The number of rotatable bonds is 2. The van der Waals surface area contributed by atoms with Gasteiger partial charge in [-0.1, -0.05) is 12.6 Å². The molecule has 0 bridgehead atoms. The molecule has 2 heterocycles. The van der Waals surface area contributed by atoms with Crippen LogP contribution in [0.5, 0.6) is 0 Å². The van der Waals surface area contributed by atoms with Gasteiger partial charge in [-0.2, -0.15) is 18.3 Å². The van der Waals surface area contributed by atoms with Crippen molar-refractivity contribution in [3.63, 3.8) is 0 Å². The molecule has 23 heavy (non-hydrogen) atoms. The summed E-state index contributed by atoms with van der Waals surface area (Å²) in [6.45, 7) is 4.28. The number of halogens is 3. The van der Waals surface area contributed by atoms with Gasteiger partial charge < -0.3 is 10.0 Å². The fourth-order valence-electron chi connectivity index (χ4n) is 2.71. The molecule has 4 nitrogen and oxygen atoms in total. The molecule has 2 aliphatic heterocycles. The zero-order valence-corrected chi connectivity index (χ0v) is 12.3. The molecule has 0 spiro atoms. The average molecular weight is 323 g/mol. The predicted molar refractivity (Wildman–Crippen MR) is 82.2 cm³/mol. The quantitative estimate of drug-likeness (QED) is 0.880. The molecule has 0 radical (unpaired) electrons. The van der Waals surface area contributed by atoms with Gasteiger partial charge in [0.2, 0.25) is 0 Å². The van der Waals surface area contributed by atoms with Crippen LogP contribution in [0.15, 0.2) is 47.7 Å². The minimum atomic E-state index is -4.48. The number of hydrazone groups is 1. The first-order chi connectivity index (χ1) is 10.8. The summed E-state index contributed by atoms with van der Waals surface area (Å²) in [6, 6.07) is 4.14. The van der Waals surface area contributed by atoms with Crippen molar-refractivity contribution < 1.29 is 18.3 Å². The number of hydrogen-bond donors (Lipinski definition) is 2. The van der Waals surface area contributed by atoms with E-state index >= 15 is 0 Å². The van der Waals surface area contributed by atoms with E-state index in [9.17, 15) is 18.3 Å². The second-order valence-corrected chi connectivity index (χ2v) is 5.59. The third kappa shape index (κ3) is 3.24. The van der Waals surface area contributed by atoms with Gasteiger partial charge in [-0.05, 0) is 30.7 Å². The van der Waals surface area contributed by atoms with Crippen LogP contribution in [0, 0.1) is 0 Å². The Balaban J connectivity index is 1.99. The standard InChI is InChI=1S/C16H16F3N3O/c1-10-2-4-14(21-20-10)11-3-5-15(13(8-11)16(17,18)19)22-7-6-12(23)9-22/h2-5,8,12,20,23H,1,6-7,9H2. The summed E-state index contributed by atoms with van der Waals surface area (Å²) in [5.74, 6) is 0. The van der Waals surface area contributed by atoms with Crippen LogP contribution in [0.2, 0.25) is 0 Å². The lowest BCUT2D eigenvalue weighted by molar-refractivity contribution is -0.137. The molecule has 1 atom stereocenters. The lowest BCUT2D eigenvalue weighted by Gasteiger charge is -2.23. The maximum atomic E-state index is 13.4. The maximum Gasteiger partial charge on any atom is 0.418 e. The summed E-state index contributed by atoms with van der Waals surface area (Å²) < 4.78 is 40.3. The van der Waals surface area contributed by atoms with E-state index in [-0.39, 0.29) is 12.2 Å². The molecule has 1 unspecified atom stereocenters. The van der Waals surface area contributed by atoms with Crippen LogP contribution < -0.4 is 10.3 Å². The molecule has 1 aromatic rings. The predicted octanol–water partition coefficient (Wildman–Crippen LogP) is 2.65. The molecule has 0 amide bonds. The smallest absolute Gasteiger partial charge is 0.391 e. The van der Waals surface area contributed by atoms with E-state index in [2.05, 4.69) is 17.1 Å². The number of nitrogens with one attached hydrogen (secondary N) is 1. The summed E-state index contributed by atoms with van der Waals surface area (Å²) in [7, 11) is 0. The van der Waals surface area contributed by atoms with Gasteiger partial charge in [0, 0.05) is 30.0 Å². The average Bonchev–Trinajstić information content (AvgIpc) is 2.93. The number of hydrogen-bond acceptors (Lipinski definition) is 4.